The van der Waals surface area contributed by atoms with Crippen molar-refractivity contribution in [2.24, 2.45) is 0 Å². The highest BCUT2D eigenvalue weighted by Gasteiger charge is 2.05. The Kier molecular flexibility index (Phi) is 6.38. The molecule has 0 radical (unpaired) electrons. The normalized spacial score (nSPS) is 10.6. The van der Waals surface area contributed by atoms with Crippen LogP contribution < -0.4 is 10.1 Å². The Morgan fingerprint density at radius 3 is 2.35 bits per heavy atom. The number of benzene rings is 1. The number of hydrogen-bond donors (Lipinski definition) is 1. The van der Waals surface area contributed by atoms with Crippen molar-refractivity contribution >= 4 is 11.6 Å². The maximum absolute atomic E-state index is 5.98. The molecule has 0 aliphatic rings. The molecular weight excluding hydrogens is 234 g/mol. The van der Waals surface area contributed by atoms with Gasteiger partial charge in [0.15, 0.2) is 0 Å². The fourth-order valence-electron chi connectivity index (χ4n) is 1.88. The monoisotopic (exact) mass is 255 g/mol. The van der Waals surface area contributed by atoms with Crippen LogP contribution in [0.25, 0.3) is 0 Å². The lowest BCUT2D eigenvalue weighted by Gasteiger charge is -2.12. The molecule has 0 saturated carbocycles. The summed E-state index contributed by atoms with van der Waals surface area (Å²) in [6.07, 6.45) is 3.51. The highest BCUT2D eigenvalue weighted by atomic mass is 35.5. The summed E-state index contributed by atoms with van der Waals surface area (Å²) >= 11 is 5.98. The van der Waals surface area contributed by atoms with Gasteiger partial charge in [0.25, 0.3) is 0 Å². The van der Waals surface area contributed by atoms with E-state index < -0.39 is 0 Å². The minimum atomic E-state index is 0.779. The van der Waals surface area contributed by atoms with Crippen molar-refractivity contribution in [1.82, 2.24) is 5.32 Å². The van der Waals surface area contributed by atoms with Gasteiger partial charge in [0.05, 0.1) is 6.61 Å². The third-order valence-corrected chi connectivity index (χ3v) is 2.96. The first-order chi connectivity index (χ1) is 8.15. The lowest BCUT2D eigenvalue weighted by molar-refractivity contribution is 0.301. The molecule has 3 heteroatoms. The number of hydrogen-bond acceptors (Lipinski definition) is 2. The maximum atomic E-state index is 5.98. The van der Waals surface area contributed by atoms with E-state index in [9.17, 15) is 0 Å². The third-order valence-electron chi connectivity index (χ3n) is 2.74. The summed E-state index contributed by atoms with van der Waals surface area (Å²) < 4.78 is 5.82. The van der Waals surface area contributed by atoms with Crippen molar-refractivity contribution in [1.29, 1.82) is 0 Å². The zero-order chi connectivity index (χ0) is 12.7. The molecule has 17 heavy (non-hydrogen) atoms. The Morgan fingerprint density at radius 1 is 1.12 bits per heavy atom. The molecule has 2 nitrogen and oxygen atoms in total. The molecule has 0 spiro atoms. The SMILES string of the molecule is CNCCCCCOc1c(C)cc(Cl)cc1C. The predicted molar refractivity (Wildman–Crippen MR) is 74.2 cm³/mol. The van der Waals surface area contributed by atoms with Crippen LogP contribution in [0.5, 0.6) is 5.75 Å². The second-order valence-electron chi connectivity index (χ2n) is 4.38. The number of aryl methyl sites for hydroxylation is 2. The Labute approximate surface area is 109 Å². The molecule has 1 aromatic carbocycles. The maximum Gasteiger partial charge on any atom is 0.125 e. The van der Waals surface area contributed by atoms with Crippen LogP contribution in [-0.4, -0.2) is 20.2 Å². The van der Waals surface area contributed by atoms with Gasteiger partial charge in [-0.25, -0.2) is 0 Å². The second-order valence-corrected chi connectivity index (χ2v) is 4.82. The molecule has 1 rings (SSSR count). The average Bonchev–Trinajstić information content (AvgIpc) is 2.26. The molecule has 0 atom stereocenters. The van der Waals surface area contributed by atoms with Crippen molar-refractivity contribution in [3.05, 3.63) is 28.3 Å². The summed E-state index contributed by atoms with van der Waals surface area (Å²) in [4.78, 5) is 0. The van der Waals surface area contributed by atoms with Crippen molar-refractivity contribution in [2.45, 2.75) is 33.1 Å². The molecule has 0 bridgehead atoms. The standard InChI is InChI=1S/C14H22ClNO/c1-11-9-13(15)10-12(2)14(11)17-8-6-4-5-7-16-3/h9-10,16H,4-8H2,1-3H3. The third kappa shape index (κ3) is 4.97. The Bertz CT molecular complexity index is 329. The van der Waals surface area contributed by atoms with Gasteiger partial charge < -0.3 is 10.1 Å². The van der Waals surface area contributed by atoms with Crippen LogP contribution in [0.15, 0.2) is 12.1 Å². The Morgan fingerprint density at radius 2 is 1.76 bits per heavy atom. The first kappa shape index (κ1) is 14.3. The first-order valence-electron chi connectivity index (χ1n) is 6.19. The van der Waals surface area contributed by atoms with E-state index in [0.717, 1.165) is 41.5 Å². The van der Waals surface area contributed by atoms with Crippen LogP contribution in [0.3, 0.4) is 0 Å². The summed E-state index contributed by atoms with van der Waals surface area (Å²) in [6, 6.07) is 3.90. The molecule has 1 aromatic rings. The topological polar surface area (TPSA) is 21.3 Å². The van der Waals surface area contributed by atoms with E-state index in [1.807, 2.05) is 33.0 Å². The van der Waals surface area contributed by atoms with Gasteiger partial charge in [-0.3, -0.25) is 0 Å². The fraction of sp³-hybridized carbons (Fsp3) is 0.571. The number of ether oxygens (including phenoxy) is 1. The molecule has 1 N–H and O–H groups in total. The molecule has 0 amide bonds. The summed E-state index contributed by atoms with van der Waals surface area (Å²) in [5, 5.41) is 3.92. The Balaban J connectivity index is 2.36. The summed E-state index contributed by atoms with van der Waals surface area (Å²) in [7, 11) is 1.98. The van der Waals surface area contributed by atoms with Crippen molar-refractivity contribution in [3.63, 3.8) is 0 Å². The lowest BCUT2D eigenvalue weighted by Crippen LogP contribution is -2.08. The van der Waals surface area contributed by atoms with Gasteiger partial charge in [0.1, 0.15) is 5.75 Å². The molecule has 96 valence electrons. The quantitative estimate of drug-likeness (QED) is 0.750. The van der Waals surface area contributed by atoms with Crippen molar-refractivity contribution < 1.29 is 4.74 Å². The van der Waals surface area contributed by atoms with E-state index in [4.69, 9.17) is 16.3 Å². The largest absolute Gasteiger partial charge is 0.493 e. The van der Waals surface area contributed by atoms with Crippen LogP contribution in [0, 0.1) is 13.8 Å². The molecule has 0 unspecified atom stereocenters. The number of rotatable bonds is 7. The summed E-state index contributed by atoms with van der Waals surface area (Å²) in [5.74, 6) is 0.989. The lowest BCUT2D eigenvalue weighted by atomic mass is 10.1. The van der Waals surface area contributed by atoms with E-state index in [1.165, 1.54) is 12.8 Å². The zero-order valence-corrected chi connectivity index (χ0v) is 11.7. The van der Waals surface area contributed by atoms with Crippen LogP contribution >= 0.6 is 11.6 Å². The molecule has 0 heterocycles. The fourth-order valence-corrected chi connectivity index (χ4v) is 2.21. The van der Waals surface area contributed by atoms with Crippen LogP contribution in [0.1, 0.15) is 30.4 Å². The first-order valence-corrected chi connectivity index (χ1v) is 6.57. The van der Waals surface area contributed by atoms with E-state index in [-0.39, 0.29) is 0 Å². The van der Waals surface area contributed by atoms with Crippen LogP contribution in [-0.2, 0) is 0 Å². The minimum Gasteiger partial charge on any atom is -0.493 e. The summed E-state index contributed by atoms with van der Waals surface area (Å²) in [6.45, 7) is 5.94. The van der Waals surface area contributed by atoms with Gasteiger partial charge in [-0.2, -0.15) is 0 Å². The number of nitrogens with one attached hydrogen (secondary N) is 1. The highest BCUT2D eigenvalue weighted by molar-refractivity contribution is 6.30. The molecule has 0 aromatic heterocycles. The van der Waals surface area contributed by atoms with Crippen molar-refractivity contribution in [3.8, 4) is 5.75 Å². The summed E-state index contributed by atoms with van der Waals surface area (Å²) in [5.41, 5.74) is 2.23. The number of unbranched alkanes of at least 4 members (excludes halogenated alkanes) is 2. The van der Waals surface area contributed by atoms with Gasteiger partial charge in [-0.05, 0) is 70.0 Å². The number of halogens is 1. The zero-order valence-electron chi connectivity index (χ0n) is 11.0. The molecule has 0 saturated heterocycles. The predicted octanol–water partition coefficient (Wildman–Crippen LogP) is 3.73. The Hall–Kier alpha value is -0.730. The molecule has 0 fully saturated rings. The van der Waals surface area contributed by atoms with Gasteiger partial charge in [-0.15, -0.1) is 0 Å². The van der Waals surface area contributed by atoms with Crippen LogP contribution in [0.4, 0.5) is 0 Å². The second kappa shape index (κ2) is 7.57. The van der Waals surface area contributed by atoms with Crippen molar-refractivity contribution in [2.75, 3.05) is 20.2 Å². The molecule has 0 aliphatic heterocycles. The van der Waals surface area contributed by atoms with Crippen LogP contribution in [0.2, 0.25) is 5.02 Å². The minimum absolute atomic E-state index is 0.779. The molecular formula is C14H22ClNO. The molecule has 0 aliphatic carbocycles. The van der Waals surface area contributed by atoms with Gasteiger partial charge >= 0.3 is 0 Å². The smallest absolute Gasteiger partial charge is 0.125 e. The van der Waals surface area contributed by atoms with Gasteiger partial charge in [0, 0.05) is 5.02 Å². The van der Waals surface area contributed by atoms with Gasteiger partial charge in [-0.1, -0.05) is 11.6 Å². The van der Waals surface area contributed by atoms with Gasteiger partial charge in [0.2, 0.25) is 0 Å². The average molecular weight is 256 g/mol. The van der Waals surface area contributed by atoms with E-state index in [0.29, 0.717) is 0 Å². The van der Waals surface area contributed by atoms with E-state index >= 15 is 0 Å². The van der Waals surface area contributed by atoms with E-state index in [2.05, 4.69) is 5.32 Å². The highest BCUT2D eigenvalue weighted by Crippen LogP contribution is 2.27. The van der Waals surface area contributed by atoms with E-state index in [1.54, 1.807) is 0 Å².